The lowest BCUT2D eigenvalue weighted by atomic mass is 9.97. The lowest BCUT2D eigenvalue weighted by molar-refractivity contribution is -0.137. The second-order valence-electron chi connectivity index (χ2n) is 5.81. The molecule has 3 aromatic rings. The minimum Gasteiger partial charge on any atom is -0.478 e. The van der Waals surface area contributed by atoms with Crippen LogP contribution in [0.1, 0.15) is 27.0 Å². The van der Waals surface area contributed by atoms with Crippen LogP contribution in [0.15, 0.2) is 42.5 Å². The maximum atomic E-state index is 13.3. The van der Waals surface area contributed by atoms with Gasteiger partial charge in [0.1, 0.15) is 0 Å². The molecule has 0 radical (unpaired) electrons. The summed E-state index contributed by atoms with van der Waals surface area (Å²) in [5.41, 5.74) is 0.964. The molecule has 0 spiro atoms. The Bertz CT molecular complexity index is 994. The molecule has 0 bridgehead atoms. The monoisotopic (exact) mass is 345 g/mol. The van der Waals surface area contributed by atoms with Crippen molar-refractivity contribution in [2.45, 2.75) is 20.0 Å². The summed E-state index contributed by atoms with van der Waals surface area (Å²) in [6.07, 6.45) is -4.56. The molecule has 128 valence electrons. The first kappa shape index (κ1) is 17.0. The summed E-state index contributed by atoms with van der Waals surface area (Å²) in [6, 6.07) is 9.63. The third-order valence-corrected chi connectivity index (χ3v) is 4.24. The van der Waals surface area contributed by atoms with E-state index in [4.69, 9.17) is 0 Å². The maximum Gasteiger partial charge on any atom is 0.417 e. The van der Waals surface area contributed by atoms with Crippen LogP contribution in [0, 0.1) is 13.8 Å². The molecule has 1 N–H and O–H groups in total. The number of alkyl halides is 3. The number of rotatable bonds is 2. The molecule has 0 amide bonds. The highest BCUT2D eigenvalue weighted by Crippen LogP contribution is 2.37. The molecule has 25 heavy (non-hydrogen) atoms. The zero-order valence-electron chi connectivity index (χ0n) is 13.5. The normalized spacial score (nSPS) is 11.7. The van der Waals surface area contributed by atoms with Crippen LogP contribution in [0.25, 0.3) is 22.2 Å². The topological polar surface area (TPSA) is 50.2 Å². The fourth-order valence-electron chi connectivity index (χ4n) is 2.80. The van der Waals surface area contributed by atoms with Crippen molar-refractivity contribution >= 4 is 16.9 Å². The van der Waals surface area contributed by atoms with Gasteiger partial charge in [0.15, 0.2) is 0 Å². The van der Waals surface area contributed by atoms with Crippen molar-refractivity contribution in [1.29, 1.82) is 0 Å². The molecule has 0 aliphatic rings. The summed E-state index contributed by atoms with van der Waals surface area (Å²) in [5, 5.41) is 9.90. The molecule has 0 aliphatic heterocycles. The molecule has 0 aliphatic carbocycles. The summed E-state index contributed by atoms with van der Waals surface area (Å²) in [7, 11) is 0. The number of pyridine rings is 1. The first-order valence-corrected chi connectivity index (χ1v) is 7.51. The van der Waals surface area contributed by atoms with Crippen molar-refractivity contribution in [1.82, 2.24) is 4.98 Å². The smallest absolute Gasteiger partial charge is 0.417 e. The number of fused-ring (bicyclic) bond motifs is 1. The second-order valence-corrected chi connectivity index (χ2v) is 5.81. The molecule has 0 fully saturated rings. The Morgan fingerprint density at radius 2 is 1.76 bits per heavy atom. The summed E-state index contributed by atoms with van der Waals surface area (Å²) < 4.78 is 39.9. The Labute approximate surface area is 141 Å². The fourth-order valence-corrected chi connectivity index (χ4v) is 2.80. The first-order valence-electron chi connectivity index (χ1n) is 7.51. The van der Waals surface area contributed by atoms with Crippen LogP contribution < -0.4 is 0 Å². The second kappa shape index (κ2) is 5.88. The molecular formula is C19H14F3NO2. The Kier molecular flexibility index (Phi) is 3.99. The number of aryl methyl sites for hydroxylation is 2. The average Bonchev–Trinajstić information content (AvgIpc) is 2.56. The Balaban J connectivity index is 2.40. The van der Waals surface area contributed by atoms with Crippen LogP contribution in [0.4, 0.5) is 13.2 Å². The van der Waals surface area contributed by atoms with Crippen LogP contribution >= 0.6 is 0 Å². The number of aromatic nitrogens is 1. The van der Waals surface area contributed by atoms with Crippen LogP contribution in [0.3, 0.4) is 0 Å². The summed E-state index contributed by atoms with van der Waals surface area (Å²) >= 11 is 0. The molecule has 0 saturated heterocycles. The number of hydrogen-bond acceptors (Lipinski definition) is 2. The number of carbonyl (C=O) groups is 1. The molecule has 3 nitrogen and oxygen atoms in total. The van der Waals surface area contributed by atoms with Crippen molar-refractivity contribution < 1.29 is 23.1 Å². The minimum atomic E-state index is -4.56. The molecule has 0 unspecified atom stereocenters. The maximum absolute atomic E-state index is 13.3. The average molecular weight is 345 g/mol. The number of aromatic carboxylic acids is 1. The molecule has 6 heteroatoms. The highest BCUT2D eigenvalue weighted by Gasteiger charge is 2.34. The Morgan fingerprint density at radius 1 is 1.08 bits per heavy atom. The molecule has 0 saturated carbocycles. The lowest BCUT2D eigenvalue weighted by Crippen LogP contribution is -2.08. The van der Waals surface area contributed by atoms with E-state index in [9.17, 15) is 23.1 Å². The minimum absolute atomic E-state index is 0.00785. The van der Waals surface area contributed by atoms with Gasteiger partial charge in [0.2, 0.25) is 0 Å². The lowest BCUT2D eigenvalue weighted by Gasteiger charge is -2.15. The number of benzene rings is 2. The summed E-state index contributed by atoms with van der Waals surface area (Å²) in [6.45, 7) is 3.61. The first-order chi connectivity index (χ1) is 11.7. The van der Waals surface area contributed by atoms with Crippen molar-refractivity contribution in [3.05, 3.63) is 64.7 Å². The zero-order valence-corrected chi connectivity index (χ0v) is 13.5. The van der Waals surface area contributed by atoms with Gasteiger partial charge in [0.05, 0.1) is 22.3 Å². The predicted octanol–water partition coefficient (Wildman–Crippen LogP) is 5.24. The Morgan fingerprint density at radius 3 is 2.40 bits per heavy atom. The third kappa shape index (κ3) is 2.95. The summed E-state index contributed by atoms with van der Waals surface area (Å²) in [5.74, 6) is -1.21. The quantitative estimate of drug-likeness (QED) is 0.691. The van der Waals surface area contributed by atoms with E-state index >= 15 is 0 Å². The molecule has 2 aromatic carbocycles. The van der Waals surface area contributed by atoms with Gasteiger partial charge >= 0.3 is 12.1 Å². The van der Waals surface area contributed by atoms with Crippen LogP contribution in [0.2, 0.25) is 0 Å². The zero-order chi connectivity index (χ0) is 18.4. The van der Waals surface area contributed by atoms with Crippen LogP contribution in [0.5, 0.6) is 0 Å². The highest BCUT2D eigenvalue weighted by molar-refractivity contribution is 6.04. The van der Waals surface area contributed by atoms with Gasteiger partial charge in [-0.1, -0.05) is 30.3 Å². The highest BCUT2D eigenvalue weighted by atomic mass is 19.4. The predicted molar refractivity (Wildman–Crippen MR) is 88.6 cm³/mol. The third-order valence-electron chi connectivity index (χ3n) is 4.24. The van der Waals surface area contributed by atoms with Crippen molar-refractivity contribution in [3.63, 3.8) is 0 Å². The van der Waals surface area contributed by atoms with Crippen molar-refractivity contribution in [2.75, 3.05) is 0 Å². The number of carboxylic acid groups (broad SMARTS) is 1. The van der Waals surface area contributed by atoms with Crippen LogP contribution in [-0.4, -0.2) is 16.1 Å². The van der Waals surface area contributed by atoms with Gasteiger partial charge in [-0.15, -0.1) is 0 Å². The van der Waals surface area contributed by atoms with Gasteiger partial charge in [0.25, 0.3) is 0 Å². The van der Waals surface area contributed by atoms with E-state index in [2.05, 4.69) is 4.98 Å². The molecule has 0 atom stereocenters. The largest absolute Gasteiger partial charge is 0.478 e. The fraction of sp³-hybridized carbons (Fsp3) is 0.158. The van der Waals surface area contributed by atoms with E-state index in [1.54, 1.807) is 19.1 Å². The van der Waals surface area contributed by atoms with Gasteiger partial charge in [-0.05, 0) is 37.1 Å². The van der Waals surface area contributed by atoms with Gasteiger partial charge < -0.3 is 5.11 Å². The van der Waals surface area contributed by atoms with E-state index < -0.39 is 17.7 Å². The van der Waals surface area contributed by atoms with E-state index in [0.29, 0.717) is 10.9 Å². The number of carboxylic acids is 1. The van der Waals surface area contributed by atoms with Crippen molar-refractivity contribution in [3.8, 4) is 11.3 Å². The SMILES string of the molecule is Cc1ccc2c(C(=O)O)cc(-c3ccccc3C(F)(F)F)nc2c1C. The van der Waals surface area contributed by atoms with E-state index in [1.807, 2.05) is 6.92 Å². The molecule has 3 rings (SSSR count). The molecule has 1 aromatic heterocycles. The van der Waals surface area contributed by atoms with Gasteiger partial charge in [0, 0.05) is 10.9 Å². The van der Waals surface area contributed by atoms with Crippen LogP contribution in [-0.2, 0) is 6.18 Å². The molecular weight excluding hydrogens is 331 g/mol. The number of hydrogen-bond donors (Lipinski definition) is 1. The van der Waals surface area contributed by atoms with Gasteiger partial charge in [-0.25, -0.2) is 9.78 Å². The number of nitrogens with zero attached hydrogens (tertiary/aromatic N) is 1. The molecule has 1 heterocycles. The summed E-state index contributed by atoms with van der Waals surface area (Å²) in [4.78, 5) is 16.0. The van der Waals surface area contributed by atoms with Gasteiger partial charge in [-0.2, -0.15) is 13.2 Å². The van der Waals surface area contributed by atoms with E-state index in [-0.39, 0.29) is 16.8 Å². The van der Waals surface area contributed by atoms with E-state index in [0.717, 1.165) is 17.2 Å². The van der Waals surface area contributed by atoms with Gasteiger partial charge in [-0.3, -0.25) is 0 Å². The van der Waals surface area contributed by atoms with Crippen molar-refractivity contribution in [2.24, 2.45) is 0 Å². The Hall–Kier alpha value is -2.89. The van der Waals surface area contributed by atoms with E-state index in [1.165, 1.54) is 24.3 Å². The number of halogens is 3. The standard InChI is InChI=1S/C19H14F3NO2/c1-10-7-8-12-14(18(24)25)9-16(23-17(12)11(10)2)13-5-3-4-6-15(13)19(20,21)22/h3-9H,1-2H3,(H,24,25).